The number of para-hydroxylation sites is 2. The Labute approximate surface area is 118 Å². The Morgan fingerprint density at radius 1 is 1.20 bits per heavy atom. The van der Waals surface area contributed by atoms with Crippen LogP contribution in [0.4, 0.5) is 5.69 Å². The van der Waals surface area contributed by atoms with Crippen LogP contribution in [0.3, 0.4) is 0 Å². The molecule has 1 aliphatic rings. The zero-order chi connectivity index (χ0) is 14.4. The van der Waals surface area contributed by atoms with Gasteiger partial charge < -0.3 is 15.0 Å². The van der Waals surface area contributed by atoms with Crippen LogP contribution < -0.4 is 10.1 Å². The molecule has 0 radical (unpaired) electrons. The van der Waals surface area contributed by atoms with Crippen molar-refractivity contribution in [2.45, 2.75) is 26.2 Å². The molecule has 0 aromatic heterocycles. The largest absolute Gasteiger partial charge is 0.492 e. The van der Waals surface area contributed by atoms with Crippen molar-refractivity contribution in [3.8, 4) is 5.75 Å². The number of hydrogen-bond donors (Lipinski definition) is 1. The first-order valence-corrected chi connectivity index (χ1v) is 7.04. The number of nitrogens with zero attached hydrogens (tertiary/aromatic N) is 1. The van der Waals surface area contributed by atoms with Crippen LogP contribution in [-0.4, -0.2) is 36.4 Å². The first-order valence-electron chi connectivity index (χ1n) is 7.04. The highest BCUT2D eigenvalue weighted by Gasteiger charge is 2.23. The van der Waals surface area contributed by atoms with Crippen molar-refractivity contribution in [1.82, 2.24) is 4.90 Å². The molecule has 5 nitrogen and oxygen atoms in total. The zero-order valence-corrected chi connectivity index (χ0v) is 11.7. The molecule has 0 atom stereocenters. The maximum atomic E-state index is 12.0. The maximum absolute atomic E-state index is 12.0. The third-order valence-electron chi connectivity index (χ3n) is 3.27. The second-order valence-electron chi connectivity index (χ2n) is 4.74. The van der Waals surface area contributed by atoms with E-state index < -0.39 is 11.8 Å². The number of piperidine rings is 1. The Balaban J connectivity index is 2.01. The number of carbonyl (C=O) groups is 2. The summed E-state index contributed by atoms with van der Waals surface area (Å²) in [4.78, 5) is 25.7. The van der Waals surface area contributed by atoms with E-state index in [1.165, 1.54) is 0 Å². The van der Waals surface area contributed by atoms with Crippen LogP contribution in [0, 0.1) is 0 Å². The summed E-state index contributed by atoms with van der Waals surface area (Å²) >= 11 is 0. The number of benzene rings is 1. The Bertz CT molecular complexity index is 482. The quantitative estimate of drug-likeness (QED) is 0.859. The molecule has 0 unspecified atom stereocenters. The fourth-order valence-electron chi connectivity index (χ4n) is 2.27. The Morgan fingerprint density at radius 2 is 1.90 bits per heavy atom. The fourth-order valence-corrected chi connectivity index (χ4v) is 2.27. The number of anilines is 1. The van der Waals surface area contributed by atoms with E-state index in [9.17, 15) is 9.59 Å². The first kappa shape index (κ1) is 14.4. The molecule has 108 valence electrons. The third-order valence-corrected chi connectivity index (χ3v) is 3.27. The first-order chi connectivity index (χ1) is 9.72. The molecule has 0 bridgehead atoms. The van der Waals surface area contributed by atoms with Gasteiger partial charge >= 0.3 is 11.8 Å². The maximum Gasteiger partial charge on any atom is 0.314 e. The Hall–Kier alpha value is -2.04. The molecule has 1 aliphatic heterocycles. The average molecular weight is 276 g/mol. The van der Waals surface area contributed by atoms with E-state index in [2.05, 4.69) is 5.32 Å². The summed E-state index contributed by atoms with van der Waals surface area (Å²) in [5.74, 6) is -0.482. The lowest BCUT2D eigenvalue weighted by Crippen LogP contribution is -2.42. The van der Waals surface area contributed by atoms with Gasteiger partial charge in [-0.2, -0.15) is 0 Å². The van der Waals surface area contributed by atoms with Crippen molar-refractivity contribution >= 4 is 17.5 Å². The minimum absolute atomic E-state index is 0.462. The van der Waals surface area contributed by atoms with Crippen molar-refractivity contribution in [3.05, 3.63) is 24.3 Å². The molecule has 0 saturated carbocycles. The van der Waals surface area contributed by atoms with Gasteiger partial charge in [0.05, 0.1) is 12.3 Å². The summed E-state index contributed by atoms with van der Waals surface area (Å²) < 4.78 is 5.42. The highest BCUT2D eigenvalue weighted by molar-refractivity contribution is 6.39. The van der Waals surface area contributed by atoms with E-state index in [4.69, 9.17) is 4.74 Å². The van der Waals surface area contributed by atoms with Gasteiger partial charge in [-0.25, -0.2) is 0 Å². The average Bonchev–Trinajstić information content (AvgIpc) is 2.49. The van der Waals surface area contributed by atoms with Gasteiger partial charge in [0.15, 0.2) is 0 Å². The molecule has 0 aliphatic carbocycles. The molecule has 1 saturated heterocycles. The van der Waals surface area contributed by atoms with E-state index in [1.807, 2.05) is 13.0 Å². The smallest absolute Gasteiger partial charge is 0.314 e. The van der Waals surface area contributed by atoms with E-state index >= 15 is 0 Å². The molecule has 2 rings (SSSR count). The molecule has 1 N–H and O–H groups in total. The molecule has 1 heterocycles. The second-order valence-corrected chi connectivity index (χ2v) is 4.74. The van der Waals surface area contributed by atoms with Crippen LogP contribution in [0.1, 0.15) is 26.2 Å². The van der Waals surface area contributed by atoms with Crippen LogP contribution >= 0.6 is 0 Å². The number of carbonyl (C=O) groups excluding carboxylic acids is 2. The molecule has 5 heteroatoms. The van der Waals surface area contributed by atoms with Gasteiger partial charge in [0.1, 0.15) is 5.75 Å². The van der Waals surface area contributed by atoms with E-state index in [0.717, 1.165) is 19.3 Å². The van der Waals surface area contributed by atoms with Crippen LogP contribution in [0.2, 0.25) is 0 Å². The number of nitrogens with one attached hydrogen (secondary N) is 1. The lowest BCUT2D eigenvalue weighted by atomic mass is 10.1. The molecular weight excluding hydrogens is 256 g/mol. The van der Waals surface area contributed by atoms with Gasteiger partial charge in [-0.05, 0) is 38.3 Å². The van der Waals surface area contributed by atoms with Crippen molar-refractivity contribution in [2.75, 3.05) is 25.0 Å². The number of ether oxygens (including phenoxy) is 1. The van der Waals surface area contributed by atoms with Crippen LogP contribution in [0.5, 0.6) is 5.75 Å². The van der Waals surface area contributed by atoms with Gasteiger partial charge in [0, 0.05) is 13.1 Å². The molecule has 20 heavy (non-hydrogen) atoms. The topological polar surface area (TPSA) is 58.6 Å². The lowest BCUT2D eigenvalue weighted by molar-refractivity contribution is -0.143. The monoisotopic (exact) mass is 276 g/mol. The van der Waals surface area contributed by atoms with E-state index in [1.54, 1.807) is 23.1 Å². The van der Waals surface area contributed by atoms with Crippen LogP contribution in [-0.2, 0) is 9.59 Å². The van der Waals surface area contributed by atoms with E-state index in [-0.39, 0.29) is 0 Å². The number of likely N-dealkylation sites (tertiary alicyclic amines) is 1. The van der Waals surface area contributed by atoms with E-state index in [0.29, 0.717) is 31.1 Å². The predicted molar refractivity (Wildman–Crippen MR) is 76.7 cm³/mol. The van der Waals surface area contributed by atoms with Crippen molar-refractivity contribution in [1.29, 1.82) is 0 Å². The highest BCUT2D eigenvalue weighted by Crippen LogP contribution is 2.23. The molecule has 1 fully saturated rings. The van der Waals surface area contributed by atoms with Gasteiger partial charge in [0.2, 0.25) is 0 Å². The number of hydrogen-bond acceptors (Lipinski definition) is 3. The highest BCUT2D eigenvalue weighted by atomic mass is 16.5. The van der Waals surface area contributed by atoms with Crippen LogP contribution in [0.15, 0.2) is 24.3 Å². The summed E-state index contributed by atoms with van der Waals surface area (Å²) in [6, 6.07) is 7.12. The molecular formula is C15H20N2O3. The fraction of sp³-hybridized carbons (Fsp3) is 0.467. The van der Waals surface area contributed by atoms with Crippen molar-refractivity contribution < 1.29 is 14.3 Å². The van der Waals surface area contributed by atoms with Gasteiger partial charge in [-0.1, -0.05) is 12.1 Å². The SMILES string of the molecule is CCOc1ccccc1NC(=O)C(=O)N1CCCCC1. The minimum atomic E-state index is -0.598. The summed E-state index contributed by atoms with van der Waals surface area (Å²) in [5.41, 5.74) is 0.532. The Kier molecular flexibility index (Phi) is 4.98. The van der Waals surface area contributed by atoms with Crippen LogP contribution in [0.25, 0.3) is 0 Å². The van der Waals surface area contributed by atoms with Gasteiger partial charge in [-0.3, -0.25) is 9.59 Å². The van der Waals surface area contributed by atoms with Gasteiger partial charge in [0.25, 0.3) is 0 Å². The van der Waals surface area contributed by atoms with Crippen molar-refractivity contribution in [2.24, 2.45) is 0 Å². The summed E-state index contributed by atoms with van der Waals surface area (Å²) in [6.07, 6.45) is 3.06. The Morgan fingerprint density at radius 3 is 2.60 bits per heavy atom. The lowest BCUT2D eigenvalue weighted by Gasteiger charge is -2.26. The minimum Gasteiger partial charge on any atom is -0.492 e. The standard InChI is InChI=1S/C15H20N2O3/c1-2-20-13-9-5-4-8-12(13)16-14(18)15(19)17-10-6-3-7-11-17/h4-5,8-9H,2-3,6-7,10-11H2,1H3,(H,16,18). The normalized spacial score (nSPS) is 14.8. The van der Waals surface area contributed by atoms with Crippen molar-refractivity contribution in [3.63, 3.8) is 0 Å². The molecule has 1 aromatic carbocycles. The molecule has 1 aromatic rings. The summed E-state index contributed by atoms with van der Waals surface area (Å²) in [6.45, 7) is 3.71. The molecule has 2 amide bonds. The summed E-state index contributed by atoms with van der Waals surface area (Å²) in [7, 11) is 0. The second kappa shape index (κ2) is 6.93. The summed E-state index contributed by atoms with van der Waals surface area (Å²) in [5, 5.41) is 2.64. The molecule has 0 spiro atoms. The number of rotatable bonds is 3. The number of amides is 2. The zero-order valence-electron chi connectivity index (χ0n) is 11.7. The van der Waals surface area contributed by atoms with Gasteiger partial charge in [-0.15, -0.1) is 0 Å². The third kappa shape index (κ3) is 3.50. The predicted octanol–water partition coefficient (Wildman–Crippen LogP) is 2.04.